The molecule has 1 heterocycles. The van der Waals surface area contributed by atoms with Crippen molar-refractivity contribution < 1.29 is 18.3 Å². The fraction of sp³-hybridized carbons (Fsp3) is 0.412. The molecule has 0 aliphatic heterocycles. The van der Waals surface area contributed by atoms with E-state index in [2.05, 4.69) is 17.2 Å². The molecule has 0 aliphatic rings. The molecule has 1 aromatic heterocycles. The fourth-order valence-electron chi connectivity index (χ4n) is 2.30. The largest absolute Gasteiger partial charge is 0.444 e. The van der Waals surface area contributed by atoms with Crippen molar-refractivity contribution in [1.82, 2.24) is 10.3 Å². The molecule has 0 unspecified atom stereocenters. The molecule has 2 rings (SSSR count). The van der Waals surface area contributed by atoms with Crippen LogP contribution in [0.5, 0.6) is 0 Å². The Morgan fingerprint density at radius 1 is 1.35 bits per heavy atom. The Labute approximate surface area is 134 Å². The number of alkyl carbamates (subject to hydrolysis) is 1. The third kappa shape index (κ3) is 4.21. The van der Waals surface area contributed by atoms with E-state index in [1.807, 2.05) is 0 Å². The lowest BCUT2D eigenvalue weighted by Gasteiger charge is -2.19. The van der Waals surface area contributed by atoms with Gasteiger partial charge in [0.15, 0.2) is 11.6 Å². The van der Waals surface area contributed by atoms with Gasteiger partial charge in [-0.1, -0.05) is 0 Å². The van der Waals surface area contributed by atoms with E-state index >= 15 is 0 Å². The Balaban J connectivity index is 2.13. The molecular formula is C17H21F2N2O2. The van der Waals surface area contributed by atoms with Crippen molar-refractivity contribution in [2.75, 3.05) is 6.54 Å². The van der Waals surface area contributed by atoms with Gasteiger partial charge in [0.1, 0.15) is 5.60 Å². The van der Waals surface area contributed by atoms with Gasteiger partial charge in [0, 0.05) is 17.6 Å². The second-order valence-electron chi connectivity index (χ2n) is 6.34. The van der Waals surface area contributed by atoms with Crippen LogP contribution in [0.3, 0.4) is 0 Å². The van der Waals surface area contributed by atoms with Crippen LogP contribution in [-0.4, -0.2) is 23.2 Å². The minimum absolute atomic E-state index is 0.205. The zero-order chi connectivity index (χ0) is 17.2. The Hall–Kier alpha value is -2.11. The van der Waals surface area contributed by atoms with E-state index < -0.39 is 23.3 Å². The first-order chi connectivity index (χ1) is 10.7. The molecular weight excluding hydrogens is 302 g/mol. The standard InChI is InChI=1S/C17H21F2N2O2/c1-5-11-9-12-14(19)13(18)8-10(15(12)21-11)6-7-20-16(22)23-17(2,3)4/h8-9,21H,1,5-7H2,2-4H3,(H,20,22). The molecule has 2 aromatic rings. The number of nitrogens with one attached hydrogen (secondary N) is 2. The normalized spacial score (nSPS) is 11.7. The first-order valence-corrected chi connectivity index (χ1v) is 7.46. The van der Waals surface area contributed by atoms with Gasteiger partial charge in [0.05, 0.1) is 5.52 Å². The van der Waals surface area contributed by atoms with E-state index in [9.17, 15) is 13.6 Å². The predicted molar refractivity (Wildman–Crippen MR) is 85.2 cm³/mol. The van der Waals surface area contributed by atoms with Gasteiger partial charge in [-0.25, -0.2) is 13.6 Å². The van der Waals surface area contributed by atoms with Crippen LogP contribution < -0.4 is 5.32 Å². The minimum atomic E-state index is -0.903. The van der Waals surface area contributed by atoms with Crippen LogP contribution in [-0.2, 0) is 17.6 Å². The number of aromatic amines is 1. The lowest BCUT2D eigenvalue weighted by atomic mass is 10.1. The summed E-state index contributed by atoms with van der Waals surface area (Å²) in [6.45, 7) is 9.29. The van der Waals surface area contributed by atoms with Gasteiger partial charge in [0.25, 0.3) is 0 Å². The number of ether oxygens (including phenoxy) is 1. The average molecular weight is 323 g/mol. The molecule has 0 bridgehead atoms. The summed E-state index contributed by atoms with van der Waals surface area (Å²) in [6, 6.07) is 2.71. The summed E-state index contributed by atoms with van der Waals surface area (Å²) in [5, 5.41) is 2.81. The smallest absolute Gasteiger partial charge is 0.407 e. The highest BCUT2D eigenvalue weighted by Crippen LogP contribution is 2.25. The van der Waals surface area contributed by atoms with Gasteiger partial charge in [-0.05, 0) is 58.2 Å². The first-order valence-electron chi connectivity index (χ1n) is 7.46. The molecule has 4 nitrogen and oxygen atoms in total. The van der Waals surface area contributed by atoms with E-state index in [0.717, 1.165) is 11.8 Å². The van der Waals surface area contributed by atoms with Crippen molar-refractivity contribution in [3.63, 3.8) is 0 Å². The second-order valence-corrected chi connectivity index (χ2v) is 6.34. The SMILES string of the molecule is [CH2]Cc1cc2c(F)c(F)cc(CCNC(=O)OC(C)(C)C)c2[nH]1. The van der Waals surface area contributed by atoms with E-state index in [4.69, 9.17) is 4.74 Å². The van der Waals surface area contributed by atoms with Crippen molar-refractivity contribution in [3.05, 3.63) is 41.9 Å². The van der Waals surface area contributed by atoms with Crippen LogP contribution in [0.1, 0.15) is 32.0 Å². The van der Waals surface area contributed by atoms with E-state index in [1.54, 1.807) is 26.8 Å². The molecule has 0 fully saturated rings. The van der Waals surface area contributed by atoms with Crippen LogP contribution in [0.25, 0.3) is 10.9 Å². The molecule has 125 valence electrons. The molecule has 0 saturated carbocycles. The predicted octanol–water partition coefficient (Wildman–Crippen LogP) is 3.89. The Morgan fingerprint density at radius 3 is 2.65 bits per heavy atom. The number of fused-ring (bicyclic) bond motifs is 1. The number of H-pyrrole nitrogens is 1. The molecule has 0 aliphatic carbocycles. The fourth-order valence-corrected chi connectivity index (χ4v) is 2.30. The number of hydrogen-bond donors (Lipinski definition) is 2. The zero-order valence-electron chi connectivity index (χ0n) is 13.6. The third-order valence-electron chi connectivity index (χ3n) is 3.27. The summed E-state index contributed by atoms with van der Waals surface area (Å²) in [4.78, 5) is 14.6. The molecule has 0 atom stereocenters. The number of aromatic nitrogens is 1. The van der Waals surface area contributed by atoms with E-state index in [-0.39, 0.29) is 11.9 Å². The quantitative estimate of drug-likeness (QED) is 0.897. The number of carbonyl (C=O) groups is 1. The van der Waals surface area contributed by atoms with Crippen LogP contribution >= 0.6 is 0 Å². The molecule has 6 heteroatoms. The maximum absolute atomic E-state index is 13.9. The van der Waals surface area contributed by atoms with Gasteiger partial charge in [0.2, 0.25) is 0 Å². The maximum Gasteiger partial charge on any atom is 0.407 e. The number of benzene rings is 1. The Kier molecular flexibility index (Phi) is 4.92. The number of hydrogen-bond acceptors (Lipinski definition) is 2. The van der Waals surface area contributed by atoms with Crippen molar-refractivity contribution in [2.45, 2.75) is 39.2 Å². The minimum Gasteiger partial charge on any atom is -0.444 e. The van der Waals surface area contributed by atoms with E-state index in [0.29, 0.717) is 23.9 Å². The summed E-state index contributed by atoms with van der Waals surface area (Å²) in [6.07, 6.45) is 0.260. The molecule has 0 saturated heterocycles. The number of carbonyl (C=O) groups excluding carboxylic acids is 1. The lowest BCUT2D eigenvalue weighted by molar-refractivity contribution is 0.0528. The number of rotatable bonds is 4. The molecule has 2 N–H and O–H groups in total. The Morgan fingerprint density at radius 2 is 2.04 bits per heavy atom. The van der Waals surface area contributed by atoms with Crippen molar-refractivity contribution in [2.24, 2.45) is 0 Å². The van der Waals surface area contributed by atoms with Crippen LogP contribution in [0.15, 0.2) is 12.1 Å². The van der Waals surface area contributed by atoms with Gasteiger partial charge >= 0.3 is 6.09 Å². The van der Waals surface area contributed by atoms with Crippen molar-refractivity contribution in [1.29, 1.82) is 0 Å². The van der Waals surface area contributed by atoms with Gasteiger partial charge in [-0.15, -0.1) is 0 Å². The second kappa shape index (κ2) is 6.56. The average Bonchev–Trinajstić information content (AvgIpc) is 2.87. The van der Waals surface area contributed by atoms with Crippen LogP contribution in [0, 0.1) is 18.6 Å². The van der Waals surface area contributed by atoms with E-state index in [1.165, 1.54) is 0 Å². The van der Waals surface area contributed by atoms with Crippen molar-refractivity contribution >= 4 is 17.0 Å². The molecule has 0 spiro atoms. The summed E-state index contributed by atoms with van der Waals surface area (Å²) in [5.74, 6) is -1.78. The highest BCUT2D eigenvalue weighted by molar-refractivity contribution is 5.84. The van der Waals surface area contributed by atoms with Gasteiger partial charge < -0.3 is 15.0 Å². The van der Waals surface area contributed by atoms with Crippen molar-refractivity contribution in [3.8, 4) is 0 Å². The van der Waals surface area contributed by atoms with Gasteiger partial charge in [-0.3, -0.25) is 0 Å². The van der Waals surface area contributed by atoms with Crippen LogP contribution in [0.4, 0.5) is 13.6 Å². The summed E-state index contributed by atoms with van der Waals surface area (Å²) >= 11 is 0. The highest BCUT2D eigenvalue weighted by atomic mass is 19.2. The first kappa shape index (κ1) is 17.2. The summed E-state index contributed by atoms with van der Waals surface area (Å²) in [7, 11) is 0. The molecule has 23 heavy (non-hydrogen) atoms. The molecule has 1 aromatic carbocycles. The summed E-state index contributed by atoms with van der Waals surface area (Å²) < 4.78 is 32.7. The van der Waals surface area contributed by atoms with Crippen LogP contribution in [0.2, 0.25) is 0 Å². The molecule has 1 amide bonds. The topological polar surface area (TPSA) is 54.1 Å². The monoisotopic (exact) mass is 323 g/mol. The number of halogens is 2. The maximum atomic E-state index is 13.9. The lowest BCUT2D eigenvalue weighted by Crippen LogP contribution is -2.33. The molecule has 1 radical (unpaired) electrons. The third-order valence-corrected chi connectivity index (χ3v) is 3.27. The summed E-state index contributed by atoms with van der Waals surface area (Å²) in [5.41, 5.74) is 1.27. The zero-order valence-corrected chi connectivity index (χ0v) is 13.6. The highest BCUT2D eigenvalue weighted by Gasteiger charge is 2.17. The Bertz CT molecular complexity index is 717. The van der Waals surface area contributed by atoms with Gasteiger partial charge in [-0.2, -0.15) is 0 Å². The number of amides is 1.